The van der Waals surface area contributed by atoms with Crippen LogP contribution < -0.4 is 9.62 Å². The van der Waals surface area contributed by atoms with Crippen LogP contribution in [0.5, 0.6) is 0 Å². The van der Waals surface area contributed by atoms with Crippen LogP contribution in [0.25, 0.3) is 0 Å². The Morgan fingerprint density at radius 1 is 0.975 bits per heavy atom. The Morgan fingerprint density at radius 3 is 2.30 bits per heavy atom. The fraction of sp³-hybridized carbons (Fsp3) is 0.355. The maximum absolute atomic E-state index is 14.1. The number of aryl methyl sites for hydroxylation is 2. The number of nitrogens with one attached hydrogen (secondary N) is 1. The van der Waals surface area contributed by atoms with E-state index in [0.717, 1.165) is 46.7 Å². The highest BCUT2D eigenvalue weighted by molar-refractivity contribution is 9.10. The number of hydrogen-bond donors (Lipinski definition) is 1. The minimum Gasteiger partial charge on any atom is -0.352 e. The molecule has 0 heterocycles. The molecule has 1 fully saturated rings. The molecule has 212 valence electrons. The maximum Gasteiger partial charge on any atom is 0.264 e. The summed E-state index contributed by atoms with van der Waals surface area (Å²) < 4.78 is 29.6. The van der Waals surface area contributed by atoms with Gasteiger partial charge in [-0.05, 0) is 75.1 Å². The van der Waals surface area contributed by atoms with Gasteiger partial charge in [-0.1, -0.05) is 76.8 Å². The van der Waals surface area contributed by atoms with Crippen LogP contribution in [-0.2, 0) is 26.2 Å². The summed E-state index contributed by atoms with van der Waals surface area (Å²) in [6.07, 6.45) is 4.00. The summed E-state index contributed by atoms with van der Waals surface area (Å²) in [7, 11) is -4.10. The zero-order valence-electron chi connectivity index (χ0n) is 23.1. The third-order valence-corrected chi connectivity index (χ3v) is 9.74. The molecule has 1 N–H and O–H groups in total. The first-order chi connectivity index (χ1) is 19.1. The predicted octanol–water partition coefficient (Wildman–Crippen LogP) is 5.74. The van der Waals surface area contributed by atoms with Crippen LogP contribution in [0.15, 0.2) is 82.2 Å². The number of carbonyl (C=O) groups excluding carboxylic acids is 2. The van der Waals surface area contributed by atoms with Gasteiger partial charge in [-0.2, -0.15) is 0 Å². The second kappa shape index (κ2) is 13.0. The van der Waals surface area contributed by atoms with Crippen molar-refractivity contribution < 1.29 is 18.0 Å². The molecule has 4 rings (SSSR count). The molecule has 1 atom stereocenters. The molecular formula is C31H36BrN3O4S. The largest absolute Gasteiger partial charge is 0.352 e. The molecule has 0 aliphatic heterocycles. The molecule has 0 bridgehead atoms. The molecule has 0 saturated heterocycles. The lowest BCUT2D eigenvalue weighted by molar-refractivity contribution is -0.139. The van der Waals surface area contributed by atoms with Crippen LogP contribution in [0.1, 0.15) is 49.3 Å². The van der Waals surface area contributed by atoms with Crippen LogP contribution in [0, 0.1) is 13.8 Å². The Balaban J connectivity index is 1.69. The van der Waals surface area contributed by atoms with Gasteiger partial charge in [-0.15, -0.1) is 0 Å². The van der Waals surface area contributed by atoms with E-state index >= 15 is 0 Å². The molecule has 3 aromatic rings. The number of hydrogen-bond acceptors (Lipinski definition) is 4. The van der Waals surface area contributed by atoms with Crippen LogP contribution in [0.2, 0.25) is 0 Å². The van der Waals surface area contributed by atoms with E-state index in [1.54, 1.807) is 55.5 Å². The zero-order valence-corrected chi connectivity index (χ0v) is 25.5. The van der Waals surface area contributed by atoms with Crippen molar-refractivity contribution in [2.24, 2.45) is 0 Å². The lowest BCUT2D eigenvalue weighted by Gasteiger charge is -2.33. The smallest absolute Gasteiger partial charge is 0.264 e. The fourth-order valence-corrected chi connectivity index (χ4v) is 6.74. The summed E-state index contributed by atoms with van der Waals surface area (Å²) >= 11 is 3.42. The van der Waals surface area contributed by atoms with Crippen molar-refractivity contribution in [2.75, 3.05) is 10.8 Å². The first kappa shape index (κ1) is 29.8. The second-order valence-electron chi connectivity index (χ2n) is 10.4. The average molecular weight is 627 g/mol. The zero-order chi connectivity index (χ0) is 28.9. The van der Waals surface area contributed by atoms with E-state index in [-0.39, 0.29) is 23.4 Å². The van der Waals surface area contributed by atoms with Gasteiger partial charge in [0.2, 0.25) is 11.8 Å². The van der Waals surface area contributed by atoms with Crippen molar-refractivity contribution in [3.05, 3.63) is 94.0 Å². The fourth-order valence-electron chi connectivity index (χ4n) is 4.94. The van der Waals surface area contributed by atoms with Crippen LogP contribution in [0.3, 0.4) is 0 Å². The number of amides is 2. The van der Waals surface area contributed by atoms with Crippen molar-refractivity contribution in [1.29, 1.82) is 0 Å². The van der Waals surface area contributed by atoms with Crippen molar-refractivity contribution in [3.63, 3.8) is 0 Å². The van der Waals surface area contributed by atoms with Gasteiger partial charge in [-0.3, -0.25) is 13.9 Å². The van der Waals surface area contributed by atoms with E-state index in [0.29, 0.717) is 10.2 Å². The third kappa shape index (κ3) is 7.12. The van der Waals surface area contributed by atoms with Gasteiger partial charge in [0.05, 0.1) is 10.6 Å². The number of nitrogens with zero attached hydrogens (tertiary/aromatic N) is 2. The van der Waals surface area contributed by atoms with E-state index < -0.39 is 28.5 Å². The quantitative estimate of drug-likeness (QED) is 0.311. The van der Waals surface area contributed by atoms with Crippen LogP contribution in [-0.4, -0.2) is 43.8 Å². The number of halogens is 1. The standard InChI is InChI=1S/C31H36BrN3O4S/c1-22-15-17-29(18-16-22)40(38,39)35(28-14-8-11-26(32)19-28)21-30(36)34(20-25-10-5-4-9-23(25)2)24(3)31(37)33-27-12-6-7-13-27/h4-5,8-11,14-19,24,27H,6-7,12-13,20-21H2,1-3H3,(H,33,37). The molecule has 7 nitrogen and oxygen atoms in total. The molecular weight excluding hydrogens is 590 g/mol. The number of benzene rings is 3. The highest BCUT2D eigenvalue weighted by Gasteiger charge is 2.33. The van der Waals surface area contributed by atoms with Crippen molar-refractivity contribution >= 4 is 43.5 Å². The minimum absolute atomic E-state index is 0.0864. The summed E-state index contributed by atoms with van der Waals surface area (Å²) in [4.78, 5) is 29.0. The van der Waals surface area contributed by atoms with Crippen molar-refractivity contribution in [1.82, 2.24) is 10.2 Å². The summed E-state index contributed by atoms with van der Waals surface area (Å²) in [5.41, 5.74) is 3.16. The average Bonchev–Trinajstić information content (AvgIpc) is 3.44. The first-order valence-electron chi connectivity index (χ1n) is 13.6. The van der Waals surface area contributed by atoms with E-state index in [9.17, 15) is 18.0 Å². The van der Waals surface area contributed by atoms with E-state index in [4.69, 9.17) is 0 Å². The summed E-state index contributed by atoms with van der Waals surface area (Å²) in [5, 5.41) is 3.10. The molecule has 0 aromatic heterocycles. The Hall–Kier alpha value is -3.17. The van der Waals surface area contributed by atoms with E-state index in [1.165, 1.54) is 4.90 Å². The van der Waals surface area contributed by atoms with Gasteiger partial charge in [0.15, 0.2) is 0 Å². The lowest BCUT2D eigenvalue weighted by atomic mass is 10.1. The summed E-state index contributed by atoms with van der Waals surface area (Å²) in [6, 6.07) is 20.4. The SMILES string of the molecule is Cc1ccc(S(=O)(=O)N(CC(=O)N(Cc2ccccc2C)C(C)C(=O)NC2CCCC2)c2cccc(Br)c2)cc1. The molecule has 1 unspecified atom stereocenters. The normalized spacial score (nSPS) is 14.5. The van der Waals surface area contributed by atoms with Gasteiger partial charge in [0.1, 0.15) is 12.6 Å². The Kier molecular flexibility index (Phi) is 9.68. The molecule has 2 amide bonds. The highest BCUT2D eigenvalue weighted by Crippen LogP contribution is 2.27. The first-order valence-corrected chi connectivity index (χ1v) is 15.8. The van der Waals surface area contributed by atoms with Gasteiger partial charge in [0, 0.05) is 17.1 Å². The topological polar surface area (TPSA) is 86.8 Å². The number of rotatable bonds is 10. The predicted molar refractivity (Wildman–Crippen MR) is 161 cm³/mol. The van der Waals surface area contributed by atoms with Crippen LogP contribution in [0.4, 0.5) is 5.69 Å². The maximum atomic E-state index is 14.1. The van der Waals surface area contributed by atoms with E-state index in [1.807, 2.05) is 38.1 Å². The molecule has 1 aliphatic carbocycles. The number of sulfonamides is 1. The number of anilines is 1. The van der Waals surface area contributed by atoms with Gasteiger partial charge < -0.3 is 10.2 Å². The van der Waals surface area contributed by atoms with Crippen molar-refractivity contribution in [2.45, 2.75) is 70.0 Å². The van der Waals surface area contributed by atoms with Crippen molar-refractivity contribution in [3.8, 4) is 0 Å². The molecule has 1 saturated carbocycles. The lowest BCUT2D eigenvalue weighted by Crippen LogP contribution is -2.52. The minimum atomic E-state index is -4.10. The molecule has 9 heteroatoms. The summed E-state index contributed by atoms with van der Waals surface area (Å²) in [5.74, 6) is -0.697. The van der Waals surface area contributed by atoms with Crippen LogP contribution >= 0.6 is 15.9 Å². The molecule has 0 spiro atoms. The highest BCUT2D eigenvalue weighted by atomic mass is 79.9. The van der Waals surface area contributed by atoms with Gasteiger partial charge in [-0.25, -0.2) is 8.42 Å². The Labute approximate surface area is 245 Å². The van der Waals surface area contributed by atoms with E-state index in [2.05, 4.69) is 21.2 Å². The summed E-state index contributed by atoms with van der Waals surface area (Å²) in [6.45, 7) is 5.27. The monoisotopic (exact) mass is 625 g/mol. The third-order valence-electron chi connectivity index (χ3n) is 7.45. The number of carbonyl (C=O) groups is 2. The second-order valence-corrected chi connectivity index (χ2v) is 13.2. The van der Waals surface area contributed by atoms with Gasteiger partial charge in [0.25, 0.3) is 10.0 Å². The molecule has 3 aromatic carbocycles. The molecule has 1 aliphatic rings. The Bertz CT molecular complexity index is 1450. The molecule has 0 radical (unpaired) electrons. The Morgan fingerprint density at radius 2 is 1.65 bits per heavy atom. The molecule has 40 heavy (non-hydrogen) atoms. The van der Waals surface area contributed by atoms with Gasteiger partial charge >= 0.3 is 0 Å².